The molecule has 0 N–H and O–H groups in total. The summed E-state index contributed by atoms with van der Waals surface area (Å²) < 4.78 is 0. The van der Waals surface area contributed by atoms with Crippen molar-refractivity contribution in [3.05, 3.63) is 0 Å². The van der Waals surface area contributed by atoms with Crippen LogP contribution in [0, 0.1) is 5.92 Å². The van der Waals surface area contributed by atoms with Crippen LogP contribution in [0.15, 0.2) is 0 Å². The Kier molecular flexibility index (Phi) is 2.37. The molecule has 30 valence electrons. The molecule has 0 aliphatic carbocycles. The summed E-state index contributed by atoms with van der Waals surface area (Å²) in [6.45, 7) is 4.35. The van der Waals surface area contributed by atoms with E-state index in [4.69, 9.17) is 0 Å². The van der Waals surface area contributed by atoms with E-state index in [2.05, 4.69) is 19.5 Å². The molecule has 0 radical (unpaired) electrons. The Morgan fingerprint density at radius 2 is 1.80 bits per heavy atom. The smallest absolute Gasteiger partial charge is 0.0285 e. The fourth-order valence-corrected chi connectivity index (χ4v) is 0. The van der Waals surface area contributed by atoms with Gasteiger partial charge < -0.3 is 0 Å². The number of hydrogen-bond donors (Lipinski definition) is 0. The first kappa shape index (κ1) is 5.09. The molecule has 0 saturated carbocycles. The molecular weight excluding hydrogens is 76.1 g/mol. The molecule has 0 aliphatic heterocycles. The van der Waals surface area contributed by atoms with E-state index in [0.29, 0.717) is 0 Å². The van der Waals surface area contributed by atoms with Crippen molar-refractivity contribution >= 4 is 15.5 Å². The van der Waals surface area contributed by atoms with Gasteiger partial charge in [-0.15, -0.1) is 5.67 Å². The monoisotopic (exact) mass is 86.1 g/mol. The van der Waals surface area contributed by atoms with E-state index in [9.17, 15) is 0 Å². The highest BCUT2D eigenvalue weighted by molar-refractivity contribution is 6.27. The molecule has 0 aromatic carbocycles. The Hall–Kier alpha value is 0.0869. The zero-order chi connectivity index (χ0) is 4.28. The zero-order valence-corrected chi connectivity index (χ0v) is 5.28. The van der Waals surface area contributed by atoms with Crippen molar-refractivity contribution in [3.63, 3.8) is 0 Å². The highest BCUT2D eigenvalue weighted by atomic mass is 28.1. The van der Waals surface area contributed by atoms with Crippen molar-refractivity contribution in [2.75, 3.05) is 0 Å². The minimum Gasteiger partial charge on any atom is -0.107 e. The molecule has 0 saturated heterocycles. The minimum atomic E-state index is 0.772. The van der Waals surface area contributed by atoms with Gasteiger partial charge in [0, 0.05) is 0 Å². The molecule has 0 spiro atoms. The lowest BCUT2D eigenvalue weighted by Crippen LogP contribution is -1.83. The second-order valence-electron chi connectivity index (χ2n) is 1.48. The molecule has 0 atom stereocenters. The van der Waals surface area contributed by atoms with Crippen LogP contribution in [-0.4, -0.2) is 15.5 Å². The lowest BCUT2D eigenvalue weighted by Gasteiger charge is -1.84. The molecule has 0 aromatic heterocycles. The second-order valence-corrected chi connectivity index (χ2v) is 1.95. The fourth-order valence-electron chi connectivity index (χ4n) is 0. The standard InChI is InChI=1S/C4H10Si/c1-4(2)3-5/h3-4H,5H2,1-2H3. The molecule has 0 bridgehead atoms. The Bertz CT molecular complexity index is 30.6. The lowest BCUT2D eigenvalue weighted by molar-refractivity contribution is 0.920. The summed E-state index contributed by atoms with van der Waals surface area (Å²) in [4.78, 5) is 0. The molecule has 0 aliphatic rings. The minimum absolute atomic E-state index is 0.772. The van der Waals surface area contributed by atoms with Crippen molar-refractivity contribution in [1.29, 1.82) is 0 Å². The fraction of sp³-hybridized carbons (Fsp3) is 0.750. The Labute approximate surface area is 36.2 Å². The first-order chi connectivity index (χ1) is 2.27. The summed E-state index contributed by atoms with van der Waals surface area (Å²) in [5.74, 6) is 0.772. The predicted molar refractivity (Wildman–Crippen MR) is 29.4 cm³/mol. The third-order valence-electron chi connectivity index (χ3n) is 0.471. The van der Waals surface area contributed by atoms with E-state index in [1.807, 2.05) is 9.85 Å². The SMILES string of the molecule is CC(C)C=[SiH2]. The van der Waals surface area contributed by atoms with E-state index in [1.165, 1.54) is 0 Å². The molecule has 0 rings (SSSR count). The average Bonchev–Trinajstić information content (AvgIpc) is 1.38. The normalized spacial score (nSPS) is 8.60. The van der Waals surface area contributed by atoms with Gasteiger partial charge in [-0.3, -0.25) is 0 Å². The van der Waals surface area contributed by atoms with Crippen LogP contribution in [0.25, 0.3) is 0 Å². The molecule has 1 heteroatoms. The quantitative estimate of drug-likeness (QED) is 0.396. The summed E-state index contributed by atoms with van der Waals surface area (Å²) in [5, 5.41) is 0. The molecule has 0 unspecified atom stereocenters. The van der Waals surface area contributed by atoms with Gasteiger partial charge in [0.2, 0.25) is 0 Å². The summed E-state index contributed by atoms with van der Waals surface area (Å²) >= 11 is 0. The van der Waals surface area contributed by atoms with Crippen LogP contribution in [0.1, 0.15) is 13.8 Å². The van der Waals surface area contributed by atoms with Gasteiger partial charge in [-0.1, -0.05) is 13.8 Å². The van der Waals surface area contributed by atoms with E-state index in [1.54, 1.807) is 0 Å². The van der Waals surface area contributed by atoms with Crippen molar-refractivity contribution in [2.24, 2.45) is 5.92 Å². The van der Waals surface area contributed by atoms with Crippen molar-refractivity contribution < 1.29 is 0 Å². The molecule has 0 amide bonds. The van der Waals surface area contributed by atoms with E-state index in [0.717, 1.165) is 5.92 Å². The van der Waals surface area contributed by atoms with Crippen molar-refractivity contribution in [3.8, 4) is 0 Å². The Morgan fingerprint density at radius 3 is 1.80 bits per heavy atom. The molecule has 0 fully saturated rings. The highest BCUT2D eigenvalue weighted by Gasteiger charge is 1.73. The molecule has 5 heavy (non-hydrogen) atoms. The van der Waals surface area contributed by atoms with Gasteiger partial charge in [0.15, 0.2) is 0 Å². The molecule has 0 heterocycles. The van der Waals surface area contributed by atoms with E-state index in [-0.39, 0.29) is 0 Å². The third-order valence-corrected chi connectivity index (χ3v) is 1.41. The van der Waals surface area contributed by atoms with E-state index >= 15 is 0 Å². The maximum atomic E-state index is 2.19. The summed E-state index contributed by atoms with van der Waals surface area (Å²) in [6, 6.07) is 0. The van der Waals surface area contributed by atoms with Crippen LogP contribution >= 0.6 is 0 Å². The van der Waals surface area contributed by atoms with Gasteiger partial charge in [-0.05, 0) is 15.8 Å². The Morgan fingerprint density at radius 1 is 1.60 bits per heavy atom. The van der Waals surface area contributed by atoms with Crippen LogP contribution in [0.3, 0.4) is 0 Å². The van der Waals surface area contributed by atoms with Crippen LogP contribution < -0.4 is 0 Å². The van der Waals surface area contributed by atoms with E-state index < -0.39 is 0 Å². The third kappa shape index (κ3) is 4.09. The molecule has 0 aromatic rings. The number of rotatable bonds is 1. The van der Waals surface area contributed by atoms with Gasteiger partial charge in [0.05, 0.1) is 0 Å². The molecular formula is C4H10Si. The Balaban J connectivity index is 2.83. The summed E-state index contributed by atoms with van der Waals surface area (Å²) in [6.07, 6.45) is 0. The summed E-state index contributed by atoms with van der Waals surface area (Å²) in [7, 11) is 1.91. The largest absolute Gasteiger partial charge is 0.107 e. The van der Waals surface area contributed by atoms with Crippen molar-refractivity contribution in [1.82, 2.24) is 0 Å². The van der Waals surface area contributed by atoms with Gasteiger partial charge in [-0.2, -0.15) is 0 Å². The summed E-state index contributed by atoms with van der Waals surface area (Å²) in [5.41, 5.74) is 2.19. The van der Waals surface area contributed by atoms with Gasteiger partial charge in [0.25, 0.3) is 0 Å². The number of hydrogen-bond acceptors (Lipinski definition) is 0. The maximum absolute atomic E-state index is 2.19. The van der Waals surface area contributed by atoms with Crippen LogP contribution in [-0.2, 0) is 0 Å². The molecule has 0 nitrogen and oxygen atoms in total. The van der Waals surface area contributed by atoms with Gasteiger partial charge in [-0.25, -0.2) is 0 Å². The maximum Gasteiger partial charge on any atom is -0.0285 e. The highest BCUT2D eigenvalue weighted by Crippen LogP contribution is 1.78. The lowest BCUT2D eigenvalue weighted by atomic mass is 10.3. The predicted octanol–water partition coefficient (Wildman–Crippen LogP) is 0.0777. The van der Waals surface area contributed by atoms with Crippen LogP contribution in [0.4, 0.5) is 0 Å². The topological polar surface area (TPSA) is 0 Å². The average molecular weight is 86.2 g/mol. The van der Waals surface area contributed by atoms with Crippen molar-refractivity contribution in [2.45, 2.75) is 13.8 Å². The zero-order valence-electron chi connectivity index (χ0n) is 3.86. The van der Waals surface area contributed by atoms with Gasteiger partial charge in [0.1, 0.15) is 0 Å². The van der Waals surface area contributed by atoms with Crippen LogP contribution in [0.2, 0.25) is 0 Å². The first-order valence-electron chi connectivity index (χ1n) is 1.90. The second kappa shape index (κ2) is 2.33. The van der Waals surface area contributed by atoms with Gasteiger partial charge >= 0.3 is 0 Å². The van der Waals surface area contributed by atoms with Crippen LogP contribution in [0.5, 0.6) is 0 Å². The first-order valence-corrected chi connectivity index (χ1v) is 2.71.